The molecule has 0 saturated heterocycles. The molecule has 1 heterocycles. The zero-order chi connectivity index (χ0) is 34.4. The van der Waals surface area contributed by atoms with Crippen LogP contribution in [0.15, 0.2) is 206 Å². The molecule has 1 aromatic heterocycles. The molecular weight excluding hydrogens is 629 g/mol. The molecule has 52 heavy (non-hydrogen) atoms. The number of aromatic nitrogens is 1. The van der Waals surface area contributed by atoms with E-state index in [-0.39, 0.29) is 0 Å². The van der Waals surface area contributed by atoms with E-state index in [0.717, 1.165) is 33.9 Å². The van der Waals surface area contributed by atoms with Crippen molar-refractivity contribution in [3.8, 4) is 27.9 Å². The van der Waals surface area contributed by atoms with Crippen LogP contribution >= 0.6 is 0 Å². The quantitative estimate of drug-likeness (QED) is 0.172. The summed E-state index contributed by atoms with van der Waals surface area (Å²) in [7, 11) is 0. The molecule has 0 saturated carbocycles. The van der Waals surface area contributed by atoms with Crippen LogP contribution in [0, 0.1) is 0 Å². The van der Waals surface area contributed by atoms with E-state index in [1.54, 1.807) is 0 Å². The molecule has 9 aromatic carbocycles. The Hall–Kier alpha value is -6.90. The lowest BCUT2D eigenvalue weighted by molar-refractivity contribution is 1.18. The van der Waals surface area contributed by atoms with E-state index < -0.39 is 0 Å². The third-order valence-corrected chi connectivity index (χ3v) is 10.4. The number of benzene rings is 9. The maximum absolute atomic E-state index is 2.43. The predicted octanol–water partition coefficient (Wildman–Crippen LogP) is 13.9. The minimum Gasteiger partial charge on any atom is -0.309 e. The largest absolute Gasteiger partial charge is 0.309 e. The zero-order valence-electron chi connectivity index (χ0n) is 28.5. The molecule has 0 radical (unpaired) electrons. The summed E-state index contributed by atoms with van der Waals surface area (Å²) in [6.07, 6.45) is 0. The van der Waals surface area contributed by atoms with Crippen molar-refractivity contribution in [2.24, 2.45) is 0 Å². The molecular formula is C50H34N2. The van der Waals surface area contributed by atoms with Crippen LogP contribution in [0.2, 0.25) is 0 Å². The Kier molecular flexibility index (Phi) is 7.18. The Bertz CT molecular complexity index is 2860. The van der Waals surface area contributed by atoms with Crippen molar-refractivity contribution < 1.29 is 0 Å². The highest BCUT2D eigenvalue weighted by Crippen LogP contribution is 2.46. The van der Waals surface area contributed by atoms with Gasteiger partial charge in [0.1, 0.15) is 0 Å². The van der Waals surface area contributed by atoms with Crippen LogP contribution in [0.25, 0.3) is 71.3 Å². The summed E-state index contributed by atoms with van der Waals surface area (Å²) in [5, 5.41) is 7.46. The van der Waals surface area contributed by atoms with Crippen molar-refractivity contribution in [3.05, 3.63) is 206 Å². The molecule has 10 rings (SSSR count). The predicted molar refractivity (Wildman–Crippen MR) is 221 cm³/mol. The number of para-hydroxylation sites is 4. The summed E-state index contributed by atoms with van der Waals surface area (Å²) in [6, 6.07) is 74.7. The Morgan fingerprint density at radius 1 is 0.327 bits per heavy atom. The first kappa shape index (κ1) is 30.0. The summed E-state index contributed by atoms with van der Waals surface area (Å²) in [5.41, 5.74) is 11.7. The van der Waals surface area contributed by atoms with Gasteiger partial charge in [-0.25, -0.2) is 0 Å². The van der Waals surface area contributed by atoms with Gasteiger partial charge in [0.2, 0.25) is 0 Å². The van der Waals surface area contributed by atoms with Crippen molar-refractivity contribution >= 4 is 60.4 Å². The van der Waals surface area contributed by atoms with Gasteiger partial charge in [-0.3, -0.25) is 0 Å². The topological polar surface area (TPSA) is 8.17 Å². The molecule has 10 aromatic rings. The second-order valence-electron chi connectivity index (χ2n) is 13.3. The van der Waals surface area contributed by atoms with E-state index in [1.165, 1.54) is 54.5 Å². The number of anilines is 3. The number of nitrogens with zero attached hydrogens (tertiary/aromatic N) is 2. The molecule has 0 aliphatic rings. The van der Waals surface area contributed by atoms with Gasteiger partial charge in [0.25, 0.3) is 0 Å². The molecule has 2 nitrogen and oxygen atoms in total. The fourth-order valence-electron chi connectivity index (χ4n) is 8.08. The lowest BCUT2D eigenvalue weighted by Crippen LogP contribution is -2.12. The van der Waals surface area contributed by atoms with E-state index >= 15 is 0 Å². The second kappa shape index (κ2) is 12.5. The molecule has 0 aliphatic heterocycles. The standard InChI is InChI=1S/C50H34N2/c1-2-19-37(20-3-1)51(50-33-32-43(42-24-6-7-25-44(42)50)41-28-15-17-35-16-4-5-22-39(35)41)47-29-11-8-23-40(47)36-18-14-21-38(34-36)52-48-30-12-9-26-45(48)46-27-10-13-31-49(46)52/h1-34H. The normalized spacial score (nSPS) is 11.5. The van der Waals surface area contributed by atoms with Gasteiger partial charge < -0.3 is 9.47 Å². The Balaban J connectivity index is 1.18. The van der Waals surface area contributed by atoms with E-state index in [2.05, 4.69) is 216 Å². The Labute approximate surface area is 303 Å². The van der Waals surface area contributed by atoms with Gasteiger partial charge in [0.15, 0.2) is 0 Å². The van der Waals surface area contributed by atoms with Gasteiger partial charge in [-0.05, 0) is 81.4 Å². The van der Waals surface area contributed by atoms with Crippen molar-refractivity contribution in [3.63, 3.8) is 0 Å². The number of hydrogen-bond donors (Lipinski definition) is 0. The van der Waals surface area contributed by atoms with Crippen LogP contribution in [0.4, 0.5) is 17.1 Å². The van der Waals surface area contributed by atoms with Crippen LogP contribution in [-0.4, -0.2) is 4.57 Å². The third kappa shape index (κ3) is 4.88. The molecule has 244 valence electrons. The first-order chi connectivity index (χ1) is 25.8. The molecule has 0 bridgehead atoms. The van der Waals surface area contributed by atoms with Gasteiger partial charge in [-0.1, -0.05) is 158 Å². The van der Waals surface area contributed by atoms with Gasteiger partial charge in [-0.2, -0.15) is 0 Å². The average molecular weight is 663 g/mol. The average Bonchev–Trinajstić information content (AvgIpc) is 3.56. The molecule has 0 N–H and O–H groups in total. The fraction of sp³-hybridized carbons (Fsp3) is 0. The lowest BCUT2D eigenvalue weighted by atomic mass is 9.92. The first-order valence-electron chi connectivity index (χ1n) is 17.9. The van der Waals surface area contributed by atoms with Gasteiger partial charge in [-0.15, -0.1) is 0 Å². The van der Waals surface area contributed by atoms with E-state index in [9.17, 15) is 0 Å². The van der Waals surface area contributed by atoms with Crippen LogP contribution in [0.3, 0.4) is 0 Å². The highest BCUT2D eigenvalue weighted by Gasteiger charge is 2.21. The lowest BCUT2D eigenvalue weighted by Gasteiger charge is -2.29. The van der Waals surface area contributed by atoms with Crippen molar-refractivity contribution in [2.45, 2.75) is 0 Å². The van der Waals surface area contributed by atoms with E-state index in [1.807, 2.05) is 0 Å². The summed E-state index contributed by atoms with van der Waals surface area (Å²) >= 11 is 0. The summed E-state index contributed by atoms with van der Waals surface area (Å²) < 4.78 is 2.39. The summed E-state index contributed by atoms with van der Waals surface area (Å²) in [5.74, 6) is 0. The van der Waals surface area contributed by atoms with Crippen molar-refractivity contribution in [1.29, 1.82) is 0 Å². The van der Waals surface area contributed by atoms with Crippen LogP contribution in [0.5, 0.6) is 0 Å². The maximum atomic E-state index is 2.43. The van der Waals surface area contributed by atoms with Crippen LogP contribution < -0.4 is 4.90 Å². The monoisotopic (exact) mass is 662 g/mol. The van der Waals surface area contributed by atoms with Crippen molar-refractivity contribution in [2.75, 3.05) is 4.90 Å². The molecule has 0 aliphatic carbocycles. The number of hydrogen-bond acceptors (Lipinski definition) is 1. The highest BCUT2D eigenvalue weighted by molar-refractivity contribution is 6.11. The molecule has 0 unspecified atom stereocenters. The van der Waals surface area contributed by atoms with Gasteiger partial charge in [0.05, 0.1) is 22.4 Å². The third-order valence-electron chi connectivity index (χ3n) is 10.4. The van der Waals surface area contributed by atoms with Crippen molar-refractivity contribution in [1.82, 2.24) is 4.57 Å². The first-order valence-corrected chi connectivity index (χ1v) is 17.9. The van der Waals surface area contributed by atoms with E-state index in [4.69, 9.17) is 0 Å². The molecule has 0 amide bonds. The van der Waals surface area contributed by atoms with Crippen LogP contribution in [0.1, 0.15) is 0 Å². The number of rotatable bonds is 6. The molecule has 0 atom stereocenters. The number of fused-ring (bicyclic) bond motifs is 5. The Morgan fingerprint density at radius 2 is 0.885 bits per heavy atom. The molecule has 0 spiro atoms. The maximum Gasteiger partial charge on any atom is 0.0541 e. The summed E-state index contributed by atoms with van der Waals surface area (Å²) in [6.45, 7) is 0. The minimum absolute atomic E-state index is 1.11. The van der Waals surface area contributed by atoms with Crippen LogP contribution in [-0.2, 0) is 0 Å². The fourth-order valence-corrected chi connectivity index (χ4v) is 8.08. The Morgan fingerprint density at radius 3 is 1.67 bits per heavy atom. The zero-order valence-corrected chi connectivity index (χ0v) is 28.5. The summed E-state index contributed by atoms with van der Waals surface area (Å²) in [4.78, 5) is 2.43. The second-order valence-corrected chi connectivity index (χ2v) is 13.3. The SMILES string of the molecule is c1ccc(N(c2ccccc2-c2cccc(-n3c4ccccc4c4ccccc43)c2)c2ccc(-c3cccc4ccccc34)c3ccccc23)cc1. The smallest absolute Gasteiger partial charge is 0.0541 e. The molecule has 2 heteroatoms. The highest BCUT2D eigenvalue weighted by atomic mass is 15.1. The minimum atomic E-state index is 1.11. The van der Waals surface area contributed by atoms with Gasteiger partial charge >= 0.3 is 0 Å². The van der Waals surface area contributed by atoms with E-state index in [0.29, 0.717) is 0 Å². The molecule has 0 fully saturated rings. The van der Waals surface area contributed by atoms with Gasteiger partial charge in [0, 0.05) is 33.1 Å².